The van der Waals surface area contributed by atoms with E-state index in [9.17, 15) is 34.2 Å². The van der Waals surface area contributed by atoms with Gasteiger partial charge in [-0.25, -0.2) is 0 Å². The quantitative estimate of drug-likeness (QED) is 0.0683. The number of ether oxygens (including phenoxy) is 2. The van der Waals surface area contributed by atoms with Gasteiger partial charge in [0.1, 0.15) is 19.0 Å². The van der Waals surface area contributed by atoms with Gasteiger partial charge in [0.05, 0.1) is 18.5 Å². The second-order valence-electron chi connectivity index (χ2n) is 9.54. The monoisotopic (exact) mass is 612 g/mol. The molecule has 0 bridgehead atoms. The first-order valence-corrected chi connectivity index (χ1v) is 12.9. The molecule has 0 spiro atoms. The van der Waals surface area contributed by atoms with Gasteiger partial charge in [-0.1, -0.05) is 12.1 Å². The van der Waals surface area contributed by atoms with Crippen LogP contribution in [0.2, 0.25) is 0 Å². The Hall–Kier alpha value is -2.94. The van der Waals surface area contributed by atoms with E-state index in [4.69, 9.17) is 20.6 Å². The van der Waals surface area contributed by atoms with Crippen LogP contribution in [0.3, 0.4) is 0 Å². The van der Waals surface area contributed by atoms with E-state index >= 15 is 0 Å². The van der Waals surface area contributed by atoms with Crippen LogP contribution in [-0.2, 0) is 14.4 Å². The summed E-state index contributed by atoms with van der Waals surface area (Å²) >= 11 is 0. The summed E-state index contributed by atoms with van der Waals surface area (Å²) in [5, 5.41) is 34.4. The third kappa shape index (κ3) is 12.3. The second-order valence-corrected chi connectivity index (χ2v) is 9.54. The molecule has 15 heteroatoms. The number of ketones is 1. The fourth-order valence-electron chi connectivity index (χ4n) is 4.37. The molecule has 218 valence electrons. The van der Waals surface area contributed by atoms with Crippen LogP contribution in [0.5, 0.6) is 11.5 Å². The fraction of sp³-hybridized carbons (Fsp3) is 0.357. The van der Waals surface area contributed by atoms with Crippen LogP contribution in [0.4, 0.5) is 0 Å². The van der Waals surface area contributed by atoms with Crippen molar-refractivity contribution in [2.75, 3.05) is 26.3 Å². The zero-order valence-corrected chi connectivity index (χ0v) is 28.1. The van der Waals surface area contributed by atoms with Crippen LogP contribution >= 0.6 is 0 Å². The molecule has 43 heavy (non-hydrogen) atoms. The van der Waals surface area contributed by atoms with Crippen LogP contribution in [0.15, 0.2) is 42.5 Å². The first-order valence-electron chi connectivity index (χ1n) is 12.9. The number of hydrogen-bond donors (Lipinski definition) is 4. The van der Waals surface area contributed by atoms with E-state index in [1.807, 2.05) is 0 Å². The third-order valence-corrected chi connectivity index (χ3v) is 6.61. The Morgan fingerprint density at radius 2 is 1.33 bits per heavy atom. The van der Waals surface area contributed by atoms with Crippen LogP contribution in [0, 0.1) is 17.2 Å². The molecule has 5 N–H and O–H groups in total. The molecule has 1 aliphatic carbocycles. The number of amidine groups is 1. The van der Waals surface area contributed by atoms with Crippen LogP contribution in [-0.4, -0.2) is 61.7 Å². The van der Waals surface area contributed by atoms with Gasteiger partial charge < -0.3 is 45.6 Å². The standard InChI is InChI=1S/C28H32N4O9.2Na/c29-26(30)17-5-7-19(8-6-17)27(38)31-12-16-1-3-18(4-2-16)28(39)32-13-21(33)20-9-10-22(40-14-24(34)35)23(11-20)41-15-25(36)37;;/h5-11,16,18H,1-4,12-15H2,(H3,29,30)(H,31,38)(H,32,39)(H,34,35)(H,36,37);;/q;2*+1/p-2. The molecule has 2 aromatic carbocycles. The number of nitrogen functional groups attached to an aromatic ring is 1. The van der Waals surface area contributed by atoms with Crippen LogP contribution in [0.1, 0.15) is 52.0 Å². The summed E-state index contributed by atoms with van der Waals surface area (Å²) < 4.78 is 10.0. The molecule has 0 saturated heterocycles. The number of Topliss-reactive ketones (excluding diaryl/α,β-unsaturated/α-hetero) is 1. The minimum Gasteiger partial charge on any atom is -0.546 e. The van der Waals surface area contributed by atoms with Gasteiger partial charge in [-0.15, -0.1) is 0 Å². The zero-order chi connectivity index (χ0) is 29.9. The molecule has 0 radical (unpaired) electrons. The van der Waals surface area contributed by atoms with E-state index in [1.165, 1.54) is 18.2 Å². The first-order chi connectivity index (χ1) is 19.5. The largest absolute Gasteiger partial charge is 1.00 e. The molecule has 0 unspecified atom stereocenters. The summed E-state index contributed by atoms with van der Waals surface area (Å²) in [6.07, 6.45) is 2.64. The van der Waals surface area contributed by atoms with Crippen molar-refractivity contribution in [3.63, 3.8) is 0 Å². The second kappa shape index (κ2) is 18.7. The van der Waals surface area contributed by atoms with E-state index in [-0.39, 0.29) is 112 Å². The van der Waals surface area contributed by atoms with Crippen molar-refractivity contribution in [2.45, 2.75) is 25.7 Å². The molecule has 1 saturated carbocycles. The molecule has 2 aromatic rings. The average Bonchev–Trinajstić information content (AvgIpc) is 2.96. The predicted octanol–water partition coefficient (Wildman–Crippen LogP) is -7.23. The molecular formula is C28H30N4Na2O9. The van der Waals surface area contributed by atoms with Gasteiger partial charge in [0, 0.05) is 29.2 Å². The summed E-state index contributed by atoms with van der Waals surface area (Å²) in [4.78, 5) is 59.2. The molecule has 0 atom stereocenters. The Balaban J connectivity index is 0.00000462. The minimum atomic E-state index is -1.53. The zero-order valence-electron chi connectivity index (χ0n) is 24.1. The summed E-state index contributed by atoms with van der Waals surface area (Å²) in [5.74, 6) is -4.44. The fourth-order valence-corrected chi connectivity index (χ4v) is 4.37. The maximum Gasteiger partial charge on any atom is 1.00 e. The summed E-state index contributed by atoms with van der Waals surface area (Å²) in [5.41, 5.74) is 6.52. The molecule has 3 rings (SSSR count). The number of carboxylic acids is 2. The van der Waals surface area contributed by atoms with Gasteiger partial charge in [0.25, 0.3) is 5.91 Å². The van der Waals surface area contributed by atoms with Gasteiger partial charge in [0.2, 0.25) is 5.91 Å². The molecule has 0 heterocycles. The van der Waals surface area contributed by atoms with Crippen molar-refractivity contribution in [1.29, 1.82) is 5.41 Å². The smallest absolute Gasteiger partial charge is 0.546 e. The number of rotatable bonds is 14. The van der Waals surface area contributed by atoms with Crippen molar-refractivity contribution >= 4 is 35.4 Å². The number of benzene rings is 2. The van der Waals surface area contributed by atoms with Gasteiger partial charge in [0.15, 0.2) is 17.3 Å². The normalized spacial score (nSPS) is 15.4. The Bertz CT molecular complexity index is 1310. The Kier molecular flexibility index (Phi) is 16.5. The van der Waals surface area contributed by atoms with Gasteiger partial charge in [-0.2, -0.15) is 0 Å². The van der Waals surface area contributed by atoms with Crippen molar-refractivity contribution in [1.82, 2.24) is 10.6 Å². The number of nitrogens with one attached hydrogen (secondary N) is 3. The average molecular weight is 613 g/mol. The number of hydrogen-bond acceptors (Lipinski definition) is 10. The molecule has 0 aliphatic heterocycles. The molecular weight excluding hydrogens is 582 g/mol. The summed E-state index contributed by atoms with van der Waals surface area (Å²) in [6, 6.07) is 10.2. The molecule has 2 amide bonds. The van der Waals surface area contributed by atoms with Crippen molar-refractivity contribution in [3.8, 4) is 11.5 Å². The summed E-state index contributed by atoms with van der Waals surface area (Å²) in [6.45, 7) is -1.51. The maximum atomic E-state index is 12.7. The topological polar surface area (TPSA) is 224 Å². The number of nitrogens with two attached hydrogens (primary N) is 1. The number of carboxylic acid groups (broad SMARTS) is 2. The first kappa shape index (κ1) is 38.1. The van der Waals surface area contributed by atoms with Gasteiger partial charge in [-0.3, -0.25) is 19.8 Å². The number of carbonyl (C=O) groups is 5. The minimum absolute atomic E-state index is 0. The predicted molar refractivity (Wildman–Crippen MR) is 140 cm³/mol. The van der Waals surface area contributed by atoms with E-state index in [0.717, 1.165) is 12.8 Å². The van der Waals surface area contributed by atoms with E-state index in [1.54, 1.807) is 24.3 Å². The molecule has 13 nitrogen and oxygen atoms in total. The SMILES string of the molecule is N=C(N)c1ccc(C(=O)NCC2CCC(C(=O)NCC(=O)c3ccc(OCC(=O)[O-])c(OCC(=O)[O-])c3)CC2)cc1.[Na+].[Na+]. The van der Waals surface area contributed by atoms with Crippen molar-refractivity contribution < 1.29 is 103 Å². The maximum absolute atomic E-state index is 12.7. The number of aliphatic carboxylic acids is 2. The van der Waals surface area contributed by atoms with E-state index in [0.29, 0.717) is 30.5 Å². The third-order valence-electron chi connectivity index (χ3n) is 6.61. The van der Waals surface area contributed by atoms with Crippen molar-refractivity contribution in [3.05, 3.63) is 59.2 Å². The number of carbonyl (C=O) groups excluding carboxylic acids is 5. The number of amides is 2. The summed E-state index contributed by atoms with van der Waals surface area (Å²) in [7, 11) is 0. The molecule has 1 fully saturated rings. The van der Waals surface area contributed by atoms with Gasteiger partial charge in [-0.05, 0) is 61.9 Å². The Labute approximate surface area is 292 Å². The molecule has 0 aromatic heterocycles. The van der Waals surface area contributed by atoms with Gasteiger partial charge >= 0.3 is 59.1 Å². The Morgan fingerprint density at radius 1 is 0.791 bits per heavy atom. The van der Waals surface area contributed by atoms with E-state index in [2.05, 4.69) is 10.6 Å². The van der Waals surface area contributed by atoms with Crippen LogP contribution < -0.4 is 95.2 Å². The van der Waals surface area contributed by atoms with Crippen molar-refractivity contribution in [2.24, 2.45) is 17.6 Å². The van der Waals surface area contributed by atoms with E-state index < -0.39 is 30.9 Å². The Morgan fingerprint density at radius 3 is 1.88 bits per heavy atom. The molecule has 1 aliphatic rings. The van der Waals surface area contributed by atoms with Crippen LogP contribution in [0.25, 0.3) is 0 Å².